The Bertz CT molecular complexity index is 75.7. The second-order valence-corrected chi connectivity index (χ2v) is 0.575. The molecule has 4 nitrogen and oxygen atoms in total. The van der Waals surface area contributed by atoms with Crippen molar-refractivity contribution < 1.29 is 19.8 Å². The fourth-order valence-electron chi connectivity index (χ4n) is 0. The van der Waals surface area contributed by atoms with E-state index in [1.54, 1.807) is 0 Å². The van der Waals surface area contributed by atoms with E-state index in [9.17, 15) is 0 Å². The molecule has 0 unspecified atom stereocenters. The molecular formula is C2H2O4Pb. The molecule has 0 aromatic carbocycles. The number of carboxylic acids is 2. The van der Waals surface area contributed by atoms with Crippen LogP contribution >= 0.6 is 0 Å². The van der Waals surface area contributed by atoms with E-state index in [-0.39, 0.29) is 27.3 Å². The Balaban J connectivity index is 0. The van der Waals surface area contributed by atoms with Crippen molar-refractivity contribution in [3.63, 3.8) is 0 Å². The first kappa shape index (κ1) is 9.98. The quantitative estimate of drug-likeness (QED) is 0.334. The third kappa shape index (κ3) is 5.86. The van der Waals surface area contributed by atoms with E-state index in [1.807, 2.05) is 0 Å². The summed E-state index contributed by atoms with van der Waals surface area (Å²) in [6.07, 6.45) is 0. The molecule has 0 aliphatic heterocycles. The van der Waals surface area contributed by atoms with Crippen LogP contribution in [-0.4, -0.2) is 39.2 Å². The molecule has 38 valence electrons. The Kier molecular flexibility index (Phi) is 5.75. The fourth-order valence-corrected chi connectivity index (χ4v) is 0. The summed E-state index contributed by atoms with van der Waals surface area (Å²) in [5.74, 6) is -4.37. The zero-order chi connectivity index (χ0) is 5.15. The summed E-state index contributed by atoms with van der Waals surface area (Å²) in [5.41, 5.74) is 0. The molecule has 0 atom stereocenters. The van der Waals surface area contributed by atoms with Crippen LogP contribution in [0.2, 0.25) is 0 Å². The molecule has 0 amide bonds. The van der Waals surface area contributed by atoms with Gasteiger partial charge in [-0.3, -0.25) is 0 Å². The van der Waals surface area contributed by atoms with Gasteiger partial charge in [0, 0.05) is 0 Å². The summed E-state index contributed by atoms with van der Waals surface area (Å²) in [6, 6.07) is 0. The van der Waals surface area contributed by atoms with Gasteiger partial charge in [-0.2, -0.15) is 0 Å². The summed E-state index contributed by atoms with van der Waals surface area (Å²) in [4.78, 5) is 17.9. The van der Waals surface area contributed by atoms with E-state index in [0.29, 0.717) is 0 Å². The summed E-state index contributed by atoms with van der Waals surface area (Å²) >= 11 is 0. The molecule has 0 spiro atoms. The molecule has 0 N–H and O–H groups in total. The molecule has 0 aliphatic rings. The van der Waals surface area contributed by atoms with Crippen molar-refractivity contribution in [3.8, 4) is 0 Å². The van der Waals surface area contributed by atoms with Crippen LogP contribution in [0.15, 0.2) is 0 Å². The second kappa shape index (κ2) is 4.03. The van der Waals surface area contributed by atoms with Crippen molar-refractivity contribution >= 4 is 39.2 Å². The Labute approximate surface area is 59.3 Å². The molecule has 0 saturated heterocycles. The molecule has 0 fully saturated rings. The number of carboxylic acid groups (broad SMARTS) is 2. The molecule has 0 rings (SSSR count). The fraction of sp³-hybridized carbons (Fsp3) is 0. The van der Waals surface area contributed by atoms with Crippen LogP contribution in [0.1, 0.15) is 0 Å². The minimum absolute atomic E-state index is 0. The maximum atomic E-state index is 8.93. The first-order chi connectivity index (χ1) is 2.64. The van der Waals surface area contributed by atoms with E-state index >= 15 is 0 Å². The third-order valence-corrected chi connectivity index (χ3v) is 0.167. The van der Waals surface area contributed by atoms with Crippen LogP contribution in [0.25, 0.3) is 0 Å². The van der Waals surface area contributed by atoms with Gasteiger partial charge in [0.05, 0.1) is 11.9 Å². The predicted octanol–water partition coefficient (Wildman–Crippen LogP) is -4.43. The Morgan fingerprint density at radius 1 is 1.00 bits per heavy atom. The monoisotopic (exact) mass is 298 g/mol. The topological polar surface area (TPSA) is 80.3 Å². The van der Waals surface area contributed by atoms with E-state index < -0.39 is 11.9 Å². The Hall–Kier alpha value is -0.138. The van der Waals surface area contributed by atoms with Gasteiger partial charge in [-0.25, -0.2) is 0 Å². The molecule has 5 heteroatoms. The summed E-state index contributed by atoms with van der Waals surface area (Å²) in [5, 5.41) is 17.9. The summed E-state index contributed by atoms with van der Waals surface area (Å²) in [7, 11) is 0. The number of aliphatic carboxylic acids is 2. The average Bonchev–Trinajstić information content (AvgIpc) is 1.36. The average molecular weight is 297 g/mol. The standard InChI is InChI=1S/C2H2O4.Pb.2H/c3-1(4)2(5)6;;;/h(H,3,4)(H,5,6);;;/q;+2;;/p-2. The molecular weight excluding hydrogens is 295 g/mol. The Morgan fingerprint density at radius 2 is 1.14 bits per heavy atom. The van der Waals surface area contributed by atoms with Crippen molar-refractivity contribution in [2.24, 2.45) is 0 Å². The Morgan fingerprint density at radius 3 is 1.14 bits per heavy atom. The number of carbonyl (C=O) groups excluding carboxylic acids is 2. The molecule has 0 aromatic heterocycles. The predicted molar refractivity (Wildman–Crippen MR) is 18.6 cm³/mol. The minimum atomic E-state index is -2.19. The van der Waals surface area contributed by atoms with Crippen molar-refractivity contribution in [1.82, 2.24) is 0 Å². The first-order valence-corrected chi connectivity index (χ1v) is 1.07. The molecule has 0 heterocycles. The van der Waals surface area contributed by atoms with Crippen LogP contribution in [0.4, 0.5) is 0 Å². The third-order valence-electron chi connectivity index (χ3n) is 0.167. The van der Waals surface area contributed by atoms with Crippen LogP contribution in [0.5, 0.6) is 0 Å². The molecule has 0 bridgehead atoms. The van der Waals surface area contributed by atoms with Gasteiger partial charge in [0.2, 0.25) is 0 Å². The van der Waals surface area contributed by atoms with E-state index in [2.05, 4.69) is 0 Å². The van der Waals surface area contributed by atoms with E-state index in [4.69, 9.17) is 19.8 Å². The van der Waals surface area contributed by atoms with Crippen LogP contribution < -0.4 is 10.2 Å². The number of rotatable bonds is 0. The van der Waals surface area contributed by atoms with Gasteiger partial charge >= 0.3 is 27.3 Å². The van der Waals surface area contributed by atoms with Crippen molar-refractivity contribution in [2.45, 2.75) is 0 Å². The summed E-state index contributed by atoms with van der Waals surface area (Å²) in [6.45, 7) is 0. The molecule has 0 aromatic rings. The first-order valence-electron chi connectivity index (χ1n) is 1.07. The SMILES string of the molecule is O=C([O-])C(=O)[O-].[PbH2+2]. The second-order valence-electron chi connectivity index (χ2n) is 0.575. The van der Waals surface area contributed by atoms with Crippen molar-refractivity contribution in [2.75, 3.05) is 0 Å². The van der Waals surface area contributed by atoms with Gasteiger partial charge in [0.1, 0.15) is 0 Å². The van der Waals surface area contributed by atoms with Gasteiger partial charge in [-0.05, 0) is 0 Å². The normalized spacial score (nSPS) is 6.29. The number of carbonyl (C=O) groups is 2. The van der Waals surface area contributed by atoms with Gasteiger partial charge in [0.15, 0.2) is 0 Å². The van der Waals surface area contributed by atoms with Gasteiger partial charge in [0.25, 0.3) is 0 Å². The maximum absolute atomic E-state index is 8.93. The van der Waals surface area contributed by atoms with Crippen molar-refractivity contribution in [1.29, 1.82) is 0 Å². The van der Waals surface area contributed by atoms with Crippen LogP contribution in [0, 0.1) is 0 Å². The van der Waals surface area contributed by atoms with Crippen LogP contribution in [-0.2, 0) is 9.59 Å². The van der Waals surface area contributed by atoms with Gasteiger partial charge in [-0.1, -0.05) is 0 Å². The molecule has 0 saturated carbocycles. The van der Waals surface area contributed by atoms with E-state index in [0.717, 1.165) is 0 Å². The van der Waals surface area contributed by atoms with Crippen molar-refractivity contribution in [3.05, 3.63) is 0 Å². The number of hydrogen-bond acceptors (Lipinski definition) is 4. The summed E-state index contributed by atoms with van der Waals surface area (Å²) < 4.78 is 0. The zero-order valence-electron chi connectivity index (χ0n) is 3.34. The zero-order valence-corrected chi connectivity index (χ0v) is 8.84. The molecule has 7 heavy (non-hydrogen) atoms. The van der Waals surface area contributed by atoms with E-state index in [1.165, 1.54) is 0 Å². The van der Waals surface area contributed by atoms with Crippen LogP contribution in [0.3, 0.4) is 0 Å². The molecule has 0 aliphatic carbocycles. The van der Waals surface area contributed by atoms with Gasteiger partial charge < -0.3 is 19.8 Å². The molecule has 0 radical (unpaired) electrons. The van der Waals surface area contributed by atoms with Gasteiger partial charge in [-0.15, -0.1) is 0 Å². The number of hydrogen-bond donors (Lipinski definition) is 0.